The fourth-order valence-corrected chi connectivity index (χ4v) is 1.64. The first-order chi connectivity index (χ1) is 9.15. The van der Waals surface area contributed by atoms with Crippen LogP contribution in [0.1, 0.15) is 5.56 Å². The molecule has 6 heteroatoms. The lowest BCUT2D eigenvalue weighted by atomic mass is 10.1. The van der Waals surface area contributed by atoms with Gasteiger partial charge in [0.25, 0.3) is 0 Å². The summed E-state index contributed by atoms with van der Waals surface area (Å²) in [5.41, 5.74) is 1.05. The third kappa shape index (κ3) is 3.74. The minimum absolute atomic E-state index is 0.241. The van der Waals surface area contributed by atoms with Crippen molar-refractivity contribution in [2.75, 3.05) is 11.9 Å². The Bertz CT molecular complexity index is 548. The second kappa shape index (κ2) is 5.90. The summed E-state index contributed by atoms with van der Waals surface area (Å²) in [7, 11) is 1.76. The number of hydrogen-bond donors (Lipinski definition) is 3. The van der Waals surface area contributed by atoms with Gasteiger partial charge in [-0.1, -0.05) is 12.1 Å². The molecule has 0 radical (unpaired) electrons. The van der Waals surface area contributed by atoms with Gasteiger partial charge in [0.2, 0.25) is 0 Å². The van der Waals surface area contributed by atoms with E-state index in [1.165, 1.54) is 0 Å². The number of phenolic OH excluding ortho intramolecular Hbond substituents is 1. The zero-order valence-electron chi connectivity index (χ0n) is 10.6. The van der Waals surface area contributed by atoms with Gasteiger partial charge in [0.15, 0.2) is 0 Å². The number of amides is 2. The molecule has 0 atom stereocenters. The van der Waals surface area contributed by atoms with Crippen LogP contribution in [0, 0.1) is 0 Å². The molecule has 19 heavy (non-hydrogen) atoms. The lowest BCUT2D eigenvalue weighted by Gasteiger charge is -2.07. The van der Waals surface area contributed by atoms with E-state index >= 15 is 0 Å². The van der Waals surface area contributed by atoms with E-state index in [2.05, 4.69) is 15.7 Å². The number of aromatic hydroxyl groups is 1. The van der Waals surface area contributed by atoms with Gasteiger partial charge in [-0.05, 0) is 24.1 Å². The number of anilines is 1. The largest absolute Gasteiger partial charge is 0.508 e. The molecule has 2 rings (SSSR count). The molecule has 0 bridgehead atoms. The quantitative estimate of drug-likeness (QED) is 0.779. The maximum Gasteiger partial charge on any atom is 0.320 e. The maximum atomic E-state index is 11.6. The van der Waals surface area contributed by atoms with Crippen LogP contribution in [0.5, 0.6) is 5.75 Å². The van der Waals surface area contributed by atoms with Crippen LogP contribution >= 0.6 is 0 Å². The average Bonchev–Trinajstić information content (AvgIpc) is 2.78. The predicted octanol–water partition coefficient (Wildman–Crippen LogP) is 1.49. The highest BCUT2D eigenvalue weighted by Gasteiger charge is 2.03. The van der Waals surface area contributed by atoms with E-state index in [4.69, 9.17) is 5.11 Å². The summed E-state index contributed by atoms with van der Waals surface area (Å²) in [6.45, 7) is 0.522. The van der Waals surface area contributed by atoms with Crippen molar-refractivity contribution in [2.24, 2.45) is 7.05 Å². The fraction of sp³-hybridized carbons (Fsp3) is 0.231. The zero-order chi connectivity index (χ0) is 13.7. The van der Waals surface area contributed by atoms with Crippen LogP contribution in [0.15, 0.2) is 36.5 Å². The lowest BCUT2D eigenvalue weighted by molar-refractivity contribution is 0.252. The third-order valence-electron chi connectivity index (χ3n) is 2.70. The molecule has 6 nitrogen and oxygen atoms in total. The van der Waals surface area contributed by atoms with Crippen LogP contribution < -0.4 is 10.6 Å². The molecule has 0 aliphatic rings. The van der Waals surface area contributed by atoms with Crippen LogP contribution in [0.4, 0.5) is 10.6 Å². The Morgan fingerprint density at radius 1 is 1.32 bits per heavy atom. The molecule has 0 fully saturated rings. The molecule has 0 unspecified atom stereocenters. The summed E-state index contributed by atoms with van der Waals surface area (Å²) in [5.74, 6) is 0.882. The van der Waals surface area contributed by atoms with Crippen LogP contribution in [-0.2, 0) is 13.5 Å². The second-order valence-electron chi connectivity index (χ2n) is 4.14. The number of rotatable bonds is 4. The van der Waals surface area contributed by atoms with Crippen molar-refractivity contribution in [3.63, 3.8) is 0 Å². The van der Waals surface area contributed by atoms with Crippen LogP contribution in [0.2, 0.25) is 0 Å². The highest BCUT2D eigenvalue weighted by molar-refractivity contribution is 5.88. The smallest absolute Gasteiger partial charge is 0.320 e. The third-order valence-corrected chi connectivity index (χ3v) is 2.70. The highest BCUT2D eigenvalue weighted by atomic mass is 16.3. The molecule has 2 aromatic rings. The molecule has 0 saturated heterocycles. The van der Waals surface area contributed by atoms with Crippen molar-refractivity contribution in [2.45, 2.75) is 6.42 Å². The van der Waals surface area contributed by atoms with Crippen molar-refractivity contribution < 1.29 is 9.90 Å². The molecule has 0 aliphatic carbocycles. The van der Waals surface area contributed by atoms with E-state index in [1.807, 2.05) is 12.1 Å². The molecular weight excluding hydrogens is 244 g/mol. The molecule has 2 amide bonds. The number of nitrogens with zero attached hydrogens (tertiary/aromatic N) is 2. The minimum Gasteiger partial charge on any atom is -0.508 e. The number of benzene rings is 1. The van der Waals surface area contributed by atoms with Gasteiger partial charge < -0.3 is 10.4 Å². The van der Waals surface area contributed by atoms with Crippen molar-refractivity contribution >= 4 is 11.8 Å². The van der Waals surface area contributed by atoms with E-state index in [0.29, 0.717) is 18.8 Å². The van der Waals surface area contributed by atoms with E-state index in [9.17, 15) is 4.79 Å². The first-order valence-corrected chi connectivity index (χ1v) is 5.96. The number of aryl methyl sites for hydroxylation is 1. The second-order valence-corrected chi connectivity index (χ2v) is 4.14. The standard InChI is InChI=1S/C13H16N4O2/c1-17-12(7-9-15-17)16-13(19)14-8-6-10-2-4-11(18)5-3-10/h2-5,7,9,18H,6,8H2,1H3,(H2,14,16,19). The fourth-order valence-electron chi connectivity index (χ4n) is 1.64. The summed E-state index contributed by atoms with van der Waals surface area (Å²) in [5, 5.41) is 18.6. The summed E-state index contributed by atoms with van der Waals surface area (Å²) < 4.78 is 1.58. The molecule has 0 saturated carbocycles. The van der Waals surface area contributed by atoms with Crippen LogP contribution in [0.3, 0.4) is 0 Å². The number of hydrogen-bond acceptors (Lipinski definition) is 3. The summed E-state index contributed by atoms with van der Waals surface area (Å²) >= 11 is 0. The van der Waals surface area contributed by atoms with Crippen molar-refractivity contribution in [1.82, 2.24) is 15.1 Å². The molecule has 0 aliphatic heterocycles. The van der Waals surface area contributed by atoms with Gasteiger partial charge in [0.05, 0.1) is 6.20 Å². The average molecular weight is 260 g/mol. The van der Waals surface area contributed by atoms with Gasteiger partial charge in [-0.2, -0.15) is 5.10 Å². The Morgan fingerprint density at radius 2 is 2.05 bits per heavy atom. The van der Waals surface area contributed by atoms with Gasteiger partial charge in [-0.25, -0.2) is 4.79 Å². The monoisotopic (exact) mass is 260 g/mol. The number of urea groups is 1. The zero-order valence-corrected chi connectivity index (χ0v) is 10.6. The van der Waals surface area contributed by atoms with Crippen LogP contribution in [-0.4, -0.2) is 27.5 Å². The van der Waals surface area contributed by atoms with Crippen LogP contribution in [0.25, 0.3) is 0 Å². The molecule has 1 heterocycles. The first kappa shape index (κ1) is 12.9. The van der Waals surface area contributed by atoms with Gasteiger partial charge in [0, 0.05) is 19.7 Å². The Morgan fingerprint density at radius 3 is 2.68 bits per heavy atom. The molecule has 3 N–H and O–H groups in total. The van der Waals surface area contributed by atoms with E-state index in [0.717, 1.165) is 5.56 Å². The number of aromatic nitrogens is 2. The van der Waals surface area contributed by atoms with Crippen molar-refractivity contribution in [3.8, 4) is 5.75 Å². The number of carbonyl (C=O) groups is 1. The van der Waals surface area contributed by atoms with Gasteiger partial charge in [0.1, 0.15) is 11.6 Å². The minimum atomic E-state index is -0.262. The van der Waals surface area contributed by atoms with E-state index in [1.54, 1.807) is 36.1 Å². The molecule has 1 aromatic carbocycles. The topological polar surface area (TPSA) is 79.2 Å². The summed E-state index contributed by atoms with van der Waals surface area (Å²) in [6, 6.07) is 8.38. The molecule has 1 aromatic heterocycles. The predicted molar refractivity (Wildman–Crippen MR) is 72.0 cm³/mol. The van der Waals surface area contributed by atoms with Crippen molar-refractivity contribution in [3.05, 3.63) is 42.1 Å². The van der Waals surface area contributed by atoms with E-state index in [-0.39, 0.29) is 11.8 Å². The number of nitrogens with one attached hydrogen (secondary N) is 2. The summed E-state index contributed by atoms with van der Waals surface area (Å²) in [4.78, 5) is 11.6. The SMILES string of the molecule is Cn1nccc1NC(=O)NCCc1ccc(O)cc1. The molecule has 0 spiro atoms. The summed E-state index contributed by atoms with van der Waals surface area (Å²) in [6.07, 6.45) is 2.32. The molecular formula is C13H16N4O2. The Balaban J connectivity index is 1.75. The normalized spacial score (nSPS) is 10.2. The van der Waals surface area contributed by atoms with Gasteiger partial charge >= 0.3 is 6.03 Å². The van der Waals surface area contributed by atoms with E-state index < -0.39 is 0 Å². The number of carbonyl (C=O) groups excluding carboxylic acids is 1. The van der Waals surface area contributed by atoms with Gasteiger partial charge in [-0.15, -0.1) is 0 Å². The van der Waals surface area contributed by atoms with Crippen molar-refractivity contribution in [1.29, 1.82) is 0 Å². The maximum absolute atomic E-state index is 11.6. The Hall–Kier alpha value is -2.50. The highest BCUT2D eigenvalue weighted by Crippen LogP contribution is 2.09. The Labute approximate surface area is 111 Å². The number of phenols is 1. The Kier molecular flexibility index (Phi) is 4.02. The molecule has 100 valence electrons. The van der Waals surface area contributed by atoms with Gasteiger partial charge in [-0.3, -0.25) is 10.00 Å². The first-order valence-electron chi connectivity index (χ1n) is 5.96. The lowest BCUT2D eigenvalue weighted by Crippen LogP contribution is -2.31.